The summed E-state index contributed by atoms with van der Waals surface area (Å²) in [4.78, 5) is 11.6. The van der Waals surface area contributed by atoms with Gasteiger partial charge in [-0.15, -0.1) is 0 Å². The van der Waals surface area contributed by atoms with Crippen LogP contribution in [0, 0.1) is 13.8 Å². The Kier molecular flexibility index (Phi) is 4.52. The second-order valence-electron chi connectivity index (χ2n) is 6.05. The van der Waals surface area contributed by atoms with Crippen molar-refractivity contribution in [3.63, 3.8) is 0 Å². The molecular weight excluding hydrogens is 312 g/mol. The van der Waals surface area contributed by atoms with E-state index in [9.17, 15) is 9.90 Å². The zero-order valence-corrected chi connectivity index (χ0v) is 14.4. The Hall–Kier alpha value is -3.14. The summed E-state index contributed by atoms with van der Waals surface area (Å²) in [6.07, 6.45) is 5.95. The average Bonchev–Trinajstić information content (AvgIpc) is 3.14. The maximum atomic E-state index is 11.6. The first-order chi connectivity index (χ1) is 12.0. The van der Waals surface area contributed by atoms with Crippen LogP contribution in [0.15, 0.2) is 55.4 Å². The van der Waals surface area contributed by atoms with E-state index in [4.69, 9.17) is 0 Å². The molecule has 0 fully saturated rings. The van der Waals surface area contributed by atoms with E-state index < -0.39 is 5.97 Å². The summed E-state index contributed by atoms with van der Waals surface area (Å²) < 4.78 is 1.81. The molecule has 25 heavy (non-hydrogen) atoms. The second kappa shape index (κ2) is 6.77. The zero-order valence-electron chi connectivity index (χ0n) is 14.4. The van der Waals surface area contributed by atoms with E-state index in [2.05, 4.69) is 11.7 Å². The molecule has 0 spiro atoms. The van der Waals surface area contributed by atoms with Gasteiger partial charge in [-0.25, -0.2) is 9.48 Å². The number of benzene rings is 2. The third kappa shape index (κ3) is 3.24. The van der Waals surface area contributed by atoms with Crippen molar-refractivity contribution in [2.75, 3.05) is 0 Å². The number of hydrogen-bond acceptors (Lipinski definition) is 2. The van der Waals surface area contributed by atoms with Crippen LogP contribution in [0.4, 0.5) is 0 Å². The smallest absolute Gasteiger partial charge is 0.336 e. The second-order valence-corrected chi connectivity index (χ2v) is 6.05. The fourth-order valence-electron chi connectivity index (χ4n) is 3.04. The van der Waals surface area contributed by atoms with Crippen LogP contribution < -0.4 is 0 Å². The van der Waals surface area contributed by atoms with E-state index in [-0.39, 0.29) is 0 Å². The van der Waals surface area contributed by atoms with Crippen molar-refractivity contribution in [1.29, 1.82) is 0 Å². The lowest BCUT2D eigenvalue weighted by Crippen LogP contribution is -2.06. The van der Waals surface area contributed by atoms with Gasteiger partial charge in [-0.2, -0.15) is 5.10 Å². The summed E-state index contributed by atoms with van der Waals surface area (Å²) >= 11 is 0. The predicted octanol–water partition coefficient (Wildman–Crippen LogP) is 4.42. The molecule has 126 valence electrons. The van der Waals surface area contributed by atoms with Crippen LogP contribution in [0.3, 0.4) is 0 Å². The lowest BCUT2D eigenvalue weighted by molar-refractivity contribution is 0.0696. The summed E-state index contributed by atoms with van der Waals surface area (Å²) in [5.74, 6) is -0.923. The molecule has 0 aliphatic carbocycles. The maximum Gasteiger partial charge on any atom is 0.336 e. The van der Waals surface area contributed by atoms with Gasteiger partial charge in [0.1, 0.15) is 0 Å². The topological polar surface area (TPSA) is 55.1 Å². The molecule has 3 aromatic rings. The highest BCUT2D eigenvalue weighted by Crippen LogP contribution is 2.26. The number of aromatic carboxylic acids is 1. The number of nitrogens with zero attached hydrogens (tertiary/aromatic N) is 2. The van der Waals surface area contributed by atoms with Crippen LogP contribution in [0.25, 0.3) is 11.8 Å². The number of carboxylic acid groups (broad SMARTS) is 1. The van der Waals surface area contributed by atoms with E-state index in [1.807, 2.05) is 50.4 Å². The van der Waals surface area contributed by atoms with E-state index in [1.54, 1.807) is 23.0 Å². The Morgan fingerprint density at radius 2 is 1.96 bits per heavy atom. The number of carbonyl (C=O) groups is 1. The normalized spacial score (nSPS) is 10.6. The zero-order chi connectivity index (χ0) is 18.0. The van der Waals surface area contributed by atoms with Crippen LogP contribution in [0.1, 0.15) is 38.2 Å². The maximum absolute atomic E-state index is 11.6. The molecule has 4 nitrogen and oxygen atoms in total. The molecule has 1 aromatic heterocycles. The molecule has 0 saturated carbocycles. The van der Waals surface area contributed by atoms with Crippen molar-refractivity contribution in [2.45, 2.75) is 20.3 Å². The van der Waals surface area contributed by atoms with Crippen molar-refractivity contribution >= 4 is 12.0 Å². The molecule has 0 aliphatic heterocycles. The Bertz CT molecular complexity index is 924. The third-order valence-electron chi connectivity index (χ3n) is 4.59. The molecule has 0 atom stereocenters. The first-order valence-electron chi connectivity index (χ1n) is 8.09. The number of rotatable bonds is 5. The van der Waals surface area contributed by atoms with Gasteiger partial charge in [-0.1, -0.05) is 24.8 Å². The van der Waals surface area contributed by atoms with Gasteiger partial charge >= 0.3 is 5.97 Å². The molecule has 1 N–H and O–H groups in total. The minimum absolute atomic E-state index is 0.307. The Balaban J connectivity index is 1.95. The minimum atomic E-state index is -0.923. The molecule has 3 rings (SSSR count). The van der Waals surface area contributed by atoms with Gasteiger partial charge in [-0.3, -0.25) is 0 Å². The van der Waals surface area contributed by atoms with Crippen LogP contribution in [0.2, 0.25) is 0 Å². The predicted molar refractivity (Wildman–Crippen MR) is 99.3 cm³/mol. The molecule has 0 bridgehead atoms. The first kappa shape index (κ1) is 16.7. The highest BCUT2D eigenvalue weighted by atomic mass is 16.4. The largest absolute Gasteiger partial charge is 0.478 e. The lowest BCUT2D eigenvalue weighted by Gasteiger charge is -2.15. The van der Waals surface area contributed by atoms with Gasteiger partial charge in [0.05, 0.1) is 11.3 Å². The molecular formula is C21H20N2O2. The van der Waals surface area contributed by atoms with E-state index >= 15 is 0 Å². The molecule has 2 aromatic carbocycles. The minimum Gasteiger partial charge on any atom is -0.478 e. The molecule has 0 unspecified atom stereocenters. The third-order valence-corrected chi connectivity index (χ3v) is 4.59. The van der Waals surface area contributed by atoms with Gasteiger partial charge in [0, 0.05) is 12.4 Å². The van der Waals surface area contributed by atoms with E-state index in [0.29, 0.717) is 17.5 Å². The van der Waals surface area contributed by atoms with Gasteiger partial charge in [-0.05, 0) is 72.4 Å². The Morgan fingerprint density at radius 3 is 2.52 bits per heavy atom. The standard InChI is InChI=1S/C21H20N2O2/c1-4-19-15(3)14(2)17(13-20(19)21(24)25)12-16-6-8-18(9-7-16)23-11-5-10-22-23/h4-11,13H,1,12H2,2-3H3,(H,24,25). The summed E-state index contributed by atoms with van der Waals surface area (Å²) in [7, 11) is 0. The monoisotopic (exact) mass is 332 g/mol. The van der Waals surface area contributed by atoms with Crippen molar-refractivity contribution in [3.8, 4) is 5.69 Å². The summed E-state index contributed by atoms with van der Waals surface area (Å²) in [6.45, 7) is 7.73. The average molecular weight is 332 g/mol. The number of carboxylic acids is 1. The van der Waals surface area contributed by atoms with Crippen LogP contribution >= 0.6 is 0 Å². The fourth-order valence-corrected chi connectivity index (χ4v) is 3.04. The SMILES string of the molecule is C=Cc1c(C(=O)O)cc(Cc2ccc(-n3cccn3)cc2)c(C)c1C. The Labute approximate surface area is 147 Å². The van der Waals surface area contributed by atoms with Gasteiger partial charge in [0.15, 0.2) is 0 Å². The van der Waals surface area contributed by atoms with Crippen LogP contribution in [-0.4, -0.2) is 20.9 Å². The van der Waals surface area contributed by atoms with Crippen molar-refractivity contribution in [3.05, 3.63) is 88.8 Å². The van der Waals surface area contributed by atoms with E-state index in [1.165, 1.54) is 0 Å². The molecule has 1 heterocycles. The molecule has 0 saturated heterocycles. The van der Waals surface area contributed by atoms with Gasteiger partial charge < -0.3 is 5.11 Å². The number of hydrogen-bond donors (Lipinski definition) is 1. The molecule has 0 amide bonds. The summed E-state index contributed by atoms with van der Waals surface area (Å²) in [6, 6.07) is 11.8. The van der Waals surface area contributed by atoms with Crippen molar-refractivity contribution < 1.29 is 9.90 Å². The van der Waals surface area contributed by atoms with Gasteiger partial charge in [0.2, 0.25) is 0 Å². The molecule has 4 heteroatoms. The Morgan fingerprint density at radius 1 is 1.24 bits per heavy atom. The first-order valence-corrected chi connectivity index (χ1v) is 8.09. The lowest BCUT2D eigenvalue weighted by atomic mass is 9.90. The highest BCUT2D eigenvalue weighted by Gasteiger charge is 2.15. The summed E-state index contributed by atoms with van der Waals surface area (Å²) in [5.41, 5.74) is 6.22. The van der Waals surface area contributed by atoms with Gasteiger partial charge in [0.25, 0.3) is 0 Å². The highest BCUT2D eigenvalue weighted by molar-refractivity contribution is 5.93. The fraction of sp³-hybridized carbons (Fsp3) is 0.143. The molecule has 0 radical (unpaired) electrons. The summed E-state index contributed by atoms with van der Waals surface area (Å²) in [5, 5.41) is 13.7. The van der Waals surface area contributed by atoms with E-state index in [0.717, 1.165) is 27.9 Å². The number of aromatic nitrogens is 2. The van der Waals surface area contributed by atoms with Crippen LogP contribution in [0.5, 0.6) is 0 Å². The van der Waals surface area contributed by atoms with Crippen molar-refractivity contribution in [2.24, 2.45) is 0 Å². The molecule has 0 aliphatic rings. The quantitative estimate of drug-likeness (QED) is 0.752. The van der Waals surface area contributed by atoms with Crippen molar-refractivity contribution in [1.82, 2.24) is 9.78 Å². The van der Waals surface area contributed by atoms with Crippen LogP contribution in [-0.2, 0) is 6.42 Å².